The van der Waals surface area contributed by atoms with Gasteiger partial charge in [0.2, 0.25) is 0 Å². The van der Waals surface area contributed by atoms with E-state index in [1.807, 2.05) is 5.51 Å². The van der Waals surface area contributed by atoms with E-state index in [1.165, 1.54) is 14.8 Å². The van der Waals surface area contributed by atoms with E-state index in [0.29, 0.717) is 0 Å². The topological polar surface area (TPSA) is 12.9 Å². The van der Waals surface area contributed by atoms with Gasteiger partial charge in [-0.1, -0.05) is 0 Å². The number of aromatic nitrogens is 1. The Morgan fingerprint density at radius 3 is 3.08 bits per heavy atom. The van der Waals surface area contributed by atoms with Gasteiger partial charge in [0.1, 0.15) is 0 Å². The summed E-state index contributed by atoms with van der Waals surface area (Å²) in [4.78, 5) is 4.27. The molecular formula is C9H5NS2. The molecule has 0 radical (unpaired) electrons. The van der Waals surface area contributed by atoms with Gasteiger partial charge >= 0.3 is 0 Å². The smallest absolute Gasteiger partial charge is 0.0819 e. The molecule has 0 amide bonds. The van der Waals surface area contributed by atoms with Crippen molar-refractivity contribution in [3.05, 3.63) is 29.1 Å². The molecule has 0 fully saturated rings. The van der Waals surface area contributed by atoms with Gasteiger partial charge in [-0.05, 0) is 23.6 Å². The van der Waals surface area contributed by atoms with E-state index < -0.39 is 0 Å². The van der Waals surface area contributed by atoms with Crippen LogP contribution in [0.5, 0.6) is 0 Å². The largest absolute Gasteiger partial charge is 0.245 e. The molecule has 2 heterocycles. The second-order valence-electron chi connectivity index (χ2n) is 2.60. The molecule has 0 saturated carbocycles. The van der Waals surface area contributed by atoms with Crippen molar-refractivity contribution in [2.75, 3.05) is 0 Å². The van der Waals surface area contributed by atoms with Crippen molar-refractivity contribution in [2.45, 2.75) is 0 Å². The maximum Gasteiger partial charge on any atom is 0.0819 e. The van der Waals surface area contributed by atoms with Crippen LogP contribution in [0.15, 0.2) is 29.1 Å². The van der Waals surface area contributed by atoms with E-state index in [4.69, 9.17) is 0 Å². The van der Waals surface area contributed by atoms with E-state index in [2.05, 4.69) is 28.6 Å². The third kappa shape index (κ3) is 0.750. The Labute approximate surface area is 77.3 Å². The third-order valence-corrected chi connectivity index (χ3v) is 3.69. The fourth-order valence-corrected chi connectivity index (χ4v) is 3.04. The number of hydrogen-bond donors (Lipinski definition) is 0. The second kappa shape index (κ2) is 2.28. The molecule has 0 spiro atoms. The van der Waals surface area contributed by atoms with Crippen LogP contribution in [0.25, 0.3) is 20.3 Å². The van der Waals surface area contributed by atoms with Crippen LogP contribution in [0.1, 0.15) is 0 Å². The minimum absolute atomic E-state index is 1.12. The van der Waals surface area contributed by atoms with E-state index >= 15 is 0 Å². The molecule has 3 aromatic rings. The summed E-state index contributed by atoms with van der Waals surface area (Å²) in [6.45, 7) is 0. The standard InChI is InChI=1S/C9H5NS2/c1-2-8-6(3-4-11-8)9-7(1)10-5-12-9/h1-5H. The van der Waals surface area contributed by atoms with Crippen LogP contribution in [0.3, 0.4) is 0 Å². The molecule has 58 valence electrons. The number of fused-ring (bicyclic) bond motifs is 3. The van der Waals surface area contributed by atoms with Crippen molar-refractivity contribution in [1.82, 2.24) is 4.98 Å². The second-order valence-corrected chi connectivity index (χ2v) is 4.40. The van der Waals surface area contributed by atoms with E-state index in [0.717, 1.165) is 5.52 Å². The summed E-state index contributed by atoms with van der Waals surface area (Å²) in [6, 6.07) is 6.40. The summed E-state index contributed by atoms with van der Waals surface area (Å²) in [5, 5.41) is 3.48. The first-order valence-corrected chi connectivity index (χ1v) is 5.40. The van der Waals surface area contributed by atoms with Crippen molar-refractivity contribution in [3.63, 3.8) is 0 Å². The number of rotatable bonds is 0. The van der Waals surface area contributed by atoms with Crippen molar-refractivity contribution in [3.8, 4) is 0 Å². The maximum absolute atomic E-state index is 4.27. The van der Waals surface area contributed by atoms with Crippen LogP contribution in [0.2, 0.25) is 0 Å². The predicted octanol–water partition coefficient (Wildman–Crippen LogP) is 3.51. The Bertz CT molecular complexity index is 486. The summed E-state index contributed by atoms with van der Waals surface area (Å²) in [6.07, 6.45) is 0. The van der Waals surface area contributed by atoms with Gasteiger partial charge in [0, 0.05) is 10.1 Å². The molecule has 2 aromatic heterocycles. The van der Waals surface area contributed by atoms with Crippen molar-refractivity contribution in [1.29, 1.82) is 0 Å². The number of thiophene rings is 1. The Balaban J connectivity index is 2.71. The average molecular weight is 191 g/mol. The van der Waals surface area contributed by atoms with Gasteiger partial charge in [-0.2, -0.15) is 0 Å². The first-order chi connectivity index (χ1) is 5.95. The van der Waals surface area contributed by atoms with Crippen LogP contribution in [-0.4, -0.2) is 4.98 Å². The van der Waals surface area contributed by atoms with Crippen molar-refractivity contribution < 1.29 is 0 Å². The molecule has 0 aliphatic carbocycles. The summed E-state index contributed by atoms with van der Waals surface area (Å²) < 4.78 is 2.67. The summed E-state index contributed by atoms with van der Waals surface area (Å²) in [7, 11) is 0. The van der Waals surface area contributed by atoms with E-state index in [-0.39, 0.29) is 0 Å². The molecule has 0 saturated heterocycles. The molecule has 3 heteroatoms. The minimum Gasteiger partial charge on any atom is -0.245 e. The van der Waals surface area contributed by atoms with Gasteiger partial charge < -0.3 is 0 Å². The third-order valence-electron chi connectivity index (χ3n) is 1.93. The first-order valence-electron chi connectivity index (χ1n) is 3.64. The fraction of sp³-hybridized carbons (Fsp3) is 0. The fourth-order valence-electron chi connectivity index (χ4n) is 1.37. The van der Waals surface area contributed by atoms with Gasteiger partial charge in [0.05, 0.1) is 15.7 Å². The number of nitrogens with zero attached hydrogens (tertiary/aromatic N) is 1. The maximum atomic E-state index is 4.27. The molecule has 1 aromatic carbocycles. The number of benzene rings is 1. The van der Waals surface area contributed by atoms with E-state index in [1.54, 1.807) is 22.7 Å². The van der Waals surface area contributed by atoms with Crippen molar-refractivity contribution >= 4 is 43.0 Å². The van der Waals surface area contributed by atoms with Crippen LogP contribution >= 0.6 is 22.7 Å². The van der Waals surface area contributed by atoms with Crippen LogP contribution < -0.4 is 0 Å². The highest BCUT2D eigenvalue weighted by Crippen LogP contribution is 2.30. The van der Waals surface area contributed by atoms with Crippen LogP contribution in [-0.2, 0) is 0 Å². The molecule has 1 nitrogen and oxygen atoms in total. The van der Waals surface area contributed by atoms with Gasteiger partial charge in [-0.3, -0.25) is 0 Å². The normalized spacial score (nSPS) is 11.3. The molecule has 0 bridgehead atoms. The first kappa shape index (κ1) is 6.57. The minimum atomic E-state index is 1.12. The van der Waals surface area contributed by atoms with E-state index in [9.17, 15) is 0 Å². The van der Waals surface area contributed by atoms with Crippen LogP contribution in [0, 0.1) is 0 Å². The lowest BCUT2D eigenvalue weighted by Crippen LogP contribution is -1.65. The summed E-state index contributed by atoms with van der Waals surface area (Å²) in [5.41, 5.74) is 3.02. The Morgan fingerprint density at radius 2 is 2.08 bits per heavy atom. The highest BCUT2D eigenvalue weighted by molar-refractivity contribution is 7.20. The Kier molecular flexibility index (Phi) is 1.25. The lowest BCUT2D eigenvalue weighted by Gasteiger charge is -1.88. The molecule has 0 atom stereocenters. The zero-order chi connectivity index (χ0) is 7.97. The number of hydrogen-bond acceptors (Lipinski definition) is 3. The molecule has 0 aliphatic rings. The Hall–Kier alpha value is -0.930. The Morgan fingerprint density at radius 1 is 1.08 bits per heavy atom. The van der Waals surface area contributed by atoms with Gasteiger partial charge in [-0.15, -0.1) is 22.7 Å². The lowest BCUT2D eigenvalue weighted by molar-refractivity contribution is 1.51. The molecule has 12 heavy (non-hydrogen) atoms. The number of thiazole rings is 1. The summed E-state index contributed by atoms with van der Waals surface area (Å²) >= 11 is 3.50. The highest BCUT2D eigenvalue weighted by Gasteiger charge is 2.02. The van der Waals surface area contributed by atoms with Crippen LogP contribution in [0.4, 0.5) is 0 Å². The molecule has 0 N–H and O–H groups in total. The van der Waals surface area contributed by atoms with Crippen molar-refractivity contribution in [2.24, 2.45) is 0 Å². The highest BCUT2D eigenvalue weighted by atomic mass is 32.1. The van der Waals surface area contributed by atoms with Gasteiger partial charge in [0.25, 0.3) is 0 Å². The molecule has 3 rings (SSSR count). The monoisotopic (exact) mass is 191 g/mol. The average Bonchev–Trinajstić information content (AvgIpc) is 2.71. The quantitative estimate of drug-likeness (QED) is 0.530. The zero-order valence-electron chi connectivity index (χ0n) is 6.15. The molecule has 0 aliphatic heterocycles. The predicted molar refractivity (Wildman–Crippen MR) is 55.0 cm³/mol. The SMILES string of the molecule is c1cc2c(ccc3ncsc32)s1. The lowest BCUT2D eigenvalue weighted by atomic mass is 10.2. The molecule has 0 unspecified atom stereocenters. The zero-order valence-corrected chi connectivity index (χ0v) is 7.78. The molecular weight excluding hydrogens is 186 g/mol. The summed E-state index contributed by atoms with van der Waals surface area (Å²) in [5.74, 6) is 0. The van der Waals surface area contributed by atoms with Gasteiger partial charge in [0.15, 0.2) is 0 Å². The van der Waals surface area contributed by atoms with Gasteiger partial charge in [-0.25, -0.2) is 4.98 Å².